The Bertz CT molecular complexity index is 596. The number of hydrogen-bond donors (Lipinski definition) is 2. The highest BCUT2D eigenvalue weighted by molar-refractivity contribution is 5.90. The number of hydrogen-bond acceptors (Lipinski definition) is 4. The van der Waals surface area contributed by atoms with Crippen LogP contribution in [-0.4, -0.2) is 22.6 Å². The molecule has 4 heteroatoms. The van der Waals surface area contributed by atoms with Crippen molar-refractivity contribution in [1.82, 2.24) is 9.97 Å². The van der Waals surface area contributed by atoms with Gasteiger partial charge in [-0.2, -0.15) is 4.98 Å². The normalized spacial score (nSPS) is 20.9. The third-order valence-corrected chi connectivity index (χ3v) is 3.91. The maximum atomic E-state index is 4.65. The fourth-order valence-electron chi connectivity index (χ4n) is 2.55. The van der Waals surface area contributed by atoms with E-state index in [2.05, 4.69) is 40.5 Å². The van der Waals surface area contributed by atoms with Gasteiger partial charge in [0, 0.05) is 18.0 Å². The molecule has 0 aliphatic heterocycles. The first-order valence-electron chi connectivity index (χ1n) is 7.59. The fourth-order valence-corrected chi connectivity index (χ4v) is 2.55. The topological polar surface area (TPSA) is 49.8 Å². The highest BCUT2D eigenvalue weighted by Crippen LogP contribution is 2.37. The highest BCUT2D eigenvalue weighted by atomic mass is 15.2. The summed E-state index contributed by atoms with van der Waals surface area (Å²) in [6.07, 6.45) is 3.56. The van der Waals surface area contributed by atoms with E-state index in [-0.39, 0.29) is 0 Å². The molecular formula is C16H22N4. The van der Waals surface area contributed by atoms with E-state index in [4.69, 9.17) is 0 Å². The van der Waals surface area contributed by atoms with Crippen molar-refractivity contribution >= 4 is 22.7 Å². The maximum Gasteiger partial charge on any atom is 0.225 e. The molecule has 2 aromatic rings. The van der Waals surface area contributed by atoms with E-state index < -0.39 is 0 Å². The first-order valence-corrected chi connectivity index (χ1v) is 7.59. The summed E-state index contributed by atoms with van der Waals surface area (Å²) in [5.74, 6) is 2.49. The molecule has 0 saturated heterocycles. The van der Waals surface area contributed by atoms with Crippen LogP contribution >= 0.6 is 0 Å². The number of fused-ring (bicyclic) bond motifs is 1. The molecule has 3 rings (SSSR count). The zero-order chi connectivity index (χ0) is 13.9. The van der Waals surface area contributed by atoms with Gasteiger partial charge in [-0.15, -0.1) is 0 Å². The van der Waals surface area contributed by atoms with Gasteiger partial charge in [0.1, 0.15) is 5.82 Å². The van der Waals surface area contributed by atoms with Gasteiger partial charge >= 0.3 is 0 Å². The summed E-state index contributed by atoms with van der Waals surface area (Å²) in [5.41, 5.74) is 0.998. The molecule has 1 aromatic carbocycles. The number of aromatic nitrogens is 2. The van der Waals surface area contributed by atoms with Crippen molar-refractivity contribution in [2.45, 2.75) is 39.2 Å². The molecule has 2 atom stereocenters. The Labute approximate surface area is 120 Å². The molecular weight excluding hydrogens is 248 g/mol. The molecule has 20 heavy (non-hydrogen) atoms. The van der Waals surface area contributed by atoms with Gasteiger partial charge in [-0.05, 0) is 30.9 Å². The van der Waals surface area contributed by atoms with E-state index in [0.717, 1.165) is 41.6 Å². The number of nitrogens with zero attached hydrogens (tertiary/aromatic N) is 2. The fraction of sp³-hybridized carbons (Fsp3) is 0.500. The largest absolute Gasteiger partial charge is 0.366 e. The molecule has 1 aromatic heterocycles. The average Bonchev–Trinajstić information content (AvgIpc) is 3.23. The van der Waals surface area contributed by atoms with Crippen LogP contribution in [0, 0.1) is 5.92 Å². The van der Waals surface area contributed by atoms with E-state index in [1.807, 2.05) is 18.2 Å². The van der Waals surface area contributed by atoms with Crippen LogP contribution < -0.4 is 10.6 Å². The van der Waals surface area contributed by atoms with E-state index in [9.17, 15) is 0 Å². The summed E-state index contributed by atoms with van der Waals surface area (Å²) >= 11 is 0. The Morgan fingerprint density at radius 2 is 2.05 bits per heavy atom. The third-order valence-electron chi connectivity index (χ3n) is 3.91. The van der Waals surface area contributed by atoms with Gasteiger partial charge in [-0.3, -0.25) is 0 Å². The Hall–Kier alpha value is -1.84. The number of nitrogens with one attached hydrogen (secondary N) is 2. The van der Waals surface area contributed by atoms with Gasteiger partial charge in [0.25, 0.3) is 0 Å². The number of anilines is 2. The van der Waals surface area contributed by atoms with Crippen LogP contribution in [-0.2, 0) is 0 Å². The van der Waals surface area contributed by atoms with Crippen molar-refractivity contribution < 1.29 is 0 Å². The van der Waals surface area contributed by atoms with Crippen LogP contribution in [0.3, 0.4) is 0 Å². The quantitative estimate of drug-likeness (QED) is 0.841. The van der Waals surface area contributed by atoms with E-state index in [1.165, 1.54) is 12.8 Å². The van der Waals surface area contributed by atoms with Crippen LogP contribution in [0.2, 0.25) is 0 Å². The molecule has 1 heterocycles. The molecule has 1 saturated carbocycles. The minimum Gasteiger partial charge on any atom is -0.366 e. The summed E-state index contributed by atoms with van der Waals surface area (Å²) in [4.78, 5) is 9.23. The predicted molar refractivity (Wildman–Crippen MR) is 84.1 cm³/mol. The van der Waals surface area contributed by atoms with Crippen molar-refractivity contribution in [3.05, 3.63) is 24.3 Å². The molecule has 106 valence electrons. The molecule has 2 unspecified atom stereocenters. The zero-order valence-electron chi connectivity index (χ0n) is 12.2. The van der Waals surface area contributed by atoms with Crippen molar-refractivity contribution in [2.24, 2.45) is 5.92 Å². The first kappa shape index (κ1) is 13.2. The van der Waals surface area contributed by atoms with Crippen molar-refractivity contribution in [3.63, 3.8) is 0 Å². The lowest BCUT2D eigenvalue weighted by atomic mass is 10.2. The Kier molecular flexibility index (Phi) is 3.72. The predicted octanol–water partition coefficient (Wildman–Crippen LogP) is 3.66. The maximum absolute atomic E-state index is 4.65. The number of para-hydroxylation sites is 1. The average molecular weight is 270 g/mol. The van der Waals surface area contributed by atoms with Crippen LogP contribution in [0.15, 0.2) is 24.3 Å². The van der Waals surface area contributed by atoms with Gasteiger partial charge in [0.15, 0.2) is 0 Å². The lowest BCUT2D eigenvalue weighted by Gasteiger charge is -2.11. The third kappa shape index (κ3) is 2.69. The van der Waals surface area contributed by atoms with Crippen LogP contribution in [0.4, 0.5) is 11.8 Å². The lowest BCUT2D eigenvalue weighted by Crippen LogP contribution is -2.10. The molecule has 2 N–H and O–H groups in total. The monoisotopic (exact) mass is 270 g/mol. The molecule has 0 spiro atoms. The first-order chi connectivity index (χ1) is 9.81. The van der Waals surface area contributed by atoms with Crippen LogP contribution in [0.25, 0.3) is 10.9 Å². The number of rotatable bonds is 6. The summed E-state index contributed by atoms with van der Waals surface area (Å²) in [7, 11) is 0. The zero-order valence-corrected chi connectivity index (χ0v) is 12.2. The smallest absolute Gasteiger partial charge is 0.225 e. The molecule has 0 bridgehead atoms. The van der Waals surface area contributed by atoms with Crippen LogP contribution in [0.1, 0.15) is 33.1 Å². The number of benzene rings is 1. The second-order valence-corrected chi connectivity index (χ2v) is 5.49. The molecule has 1 aliphatic rings. The van der Waals surface area contributed by atoms with Gasteiger partial charge in [0.05, 0.1) is 5.52 Å². The Morgan fingerprint density at radius 1 is 1.20 bits per heavy atom. The van der Waals surface area contributed by atoms with Crippen molar-refractivity contribution in [3.8, 4) is 0 Å². The second kappa shape index (κ2) is 5.65. The summed E-state index contributed by atoms with van der Waals surface area (Å²) in [6.45, 7) is 5.29. The molecule has 0 radical (unpaired) electrons. The molecule has 1 aliphatic carbocycles. The van der Waals surface area contributed by atoms with E-state index in [1.54, 1.807) is 0 Å². The minimum absolute atomic E-state index is 0.581. The van der Waals surface area contributed by atoms with Gasteiger partial charge in [-0.1, -0.05) is 32.4 Å². The van der Waals surface area contributed by atoms with E-state index in [0.29, 0.717) is 6.04 Å². The Balaban J connectivity index is 1.90. The van der Waals surface area contributed by atoms with Crippen LogP contribution in [0.5, 0.6) is 0 Å². The standard InChI is InChI=1S/C16H22N4/c1-3-9-17-16-19-13-8-6-5-7-12(13)15(20-16)18-14-10-11(14)4-2/h5-8,11,14H,3-4,9-10H2,1-2H3,(H2,17,18,19,20). The highest BCUT2D eigenvalue weighted by Gasteiger charge is 2.35. The Morgan fingerprint density at radius 3 is 2.80 bits per heavy atom. The second-order valence-electron chi connectivity index (χ2n) is 5.49. The SMILES string of the molecule is CCCNc1nc(NC2CC2CC)c2ccccc2n1. The van der Waals surface area contributed by atoms with Crippen molar-refractivity contribution in [1.29, 1.82) is 0 Å². The van der Waals surface area contributed by atoms with Gasteiger partial charge in [0.2, 0.25) is 5.95 Å². The van der Waals surface area contributed by atoms with Gasteiger partial charge in [-0.25, -0.2) is 4.98 Å². The van der Waals surface area contributed by atoms with Crippen molar-refractivity contribution in [2.75, 3.05) is 17.2 Å². The summed E-state index contributed by atoms with van der Waals surface area (Å²) < 4.78 is 0. The van der Waals surface area contributed by atoms with Gasteiger partial charge < -0.3 is 10.6 Å². The van der Waals surface area contributed by atoms with E-state index >= 15 is 0 Å². The summed E-state index contributed by atoms with van der Waals surface area (Å²) in [6, 6.07) is 8.78. The molecule has 0 amide bonds. The molecule has 1 fully saturated rings. The molecule has 4 nitrogen and oxygen atoms in total. The lowest BCUT2D eigenvalue weighted by molar-refractivity contribution is 0.773. The summed E-state index contributed by atoms with van der Waals surface area (Å²) in [5, 5.41) is 7.98. The minimum atomic E-state index is 0.581.